The van der Waals surface area contributed by atoms with Crippen molar-refractivity contribution in [1.82, 2.24) is 10.2 Å². The van der Waals surface area contributed by atoms with Crippen LogP contribution in [0.3, 0.4) is 0 Å². The van der Waals surface area contributed by atoms with Crippen molar-refractivity contribution in [3.8, 4) is 5.75 Å². The van der Waals surface area contributed by atoms with Gasteiger partial charge in [-0.05, 0) is 80.8 Å². The zero-order valence-electron chi connectivity index (χ0n) is 24.1. The molecule has 10 heteroatoms. The average Bonchev–Trinajstić information content (AvgIpc) is 2.97. The number of anilines is 1. The Labute approximate surface area is 248 Å². The zero-order chi connectivity index (χ0) is 30.2. The molecule has 1 N–H and O–H groups in total. The normalized spacial score (nSPS) is 12.7. The van der Waals surface area contributed by atoms with Crippen molar-refractivity contribution in [1.29, 1.82) is 0 Å². The standard InChI is InChI=1S/C31H38ClN3O5S/c1-6-23(4)33-31(37)29(7-2)34(20-24-10-8-22(3)9-11-24)30(36)21-35(26-14-12-25(32)13-15-26)41(38,39)28-18-16-27(40-5)17-19-28/h8-19,23,29H,6-7,20-21H2,1-5H3,(H,33,37)/t23-,29+/m1/s1. The van der Waals surface area contributed by atoms with Crippen LogP contribution < -0.4 is 14.4 Å². The summed E-state index contributed by atoms with van der Waals surface area (Å²) in [6.07, 6.45) is 1.09. The van der Waals surface area contributed by atoms with E-state index in [1.165, 1.54) is 24.1 Å². The fraction of sp³-hybridized carbons (Fsp3) is 0.355. The van der Waals surface area contributed by atoms with Crippen LogP contribution in [0.2, 0.25) is 5.02 Å². The monoisotopic (exact) mass is 599 g/mol. The Hall–Kier alpha value is -3.56. The number of ether oxygens (including phenoxy) is 1. The van der Waals surface area contributed by atoms with Gasteiger partial charge in [0.05, 0.1) is 17.7 Å². The van der Waals surface area contributed by atoms with Gasteiger partial charge in [-0.15, -0.1) is 0 Å². The molecule has 41 heavy (non-hydrogen) atoms. The maximum Gasteiger partial charge on any atom is 0.264 e. The number of hydrogen-bond acceptors (Lipinski definition) is 5. The third kappa shape index (κ3) is 8.24. The van der Waals surface area contributed by atoms with Crippen LogP contribution in [0.25, 0.3) is 0 Å². The van der Waals surface area contributed by atoms with E-state index in [1.807, 2.05) is 52.0 Å². The first-order chi connectivity index (χ1) is 19.5. The molecule has 0 spiro atoms. The molecule has 220 valence electrons. The topological polar surface area (TPSA) is 96.0 Å². The van der Waals surface area contributed by atoms with Crippen molar-refractivity contribution in [2.24, 2.45) is 0 Å². The van der Waals surface area contributed by atoms with Crippen LogP contribution in [-0.2, 0) is 26.2 Å². The molecule has 0 aromatic heterocycles. The van der Waals surface area contributed by atoms with E-state index in [1.54, 1.807) is 36.4 Å². The van der Waals surface area contributed by atoms with Crippen molar-refractivity contribution in [2.75, 3.05) is 18.0 Å². The highest BCUT2D eigenvalue weighted by atomic mass is 35.5. The van der Waals surface area contributed by atoms with Crippen LogP contribution in [0.1, 0.15) is 44.7 Å². The fourth-order valence-electron chi connectivity index (χ4n) is 4.26. The molecule has 0 fully saturated rings. The molecule has 8 nitrogen and oxygen atoms in total. The van der Waals surface area contributed by atoms with Crippen molar-refractivity contribution in [3.05, 3.63) is 88.9 Å². The van der Waals surface area contributed by atoms with E-state index in [4.69, 9.17) is 16.3 Å². The van der Waals surface area contributed by atoms with Gasteiger partial charge in [0.2, 0.25) is 11.8 Å². The van der Waals surface area contributed by atoms with Gasteiger partial charge < -0.3 is 15.0 Å². The summed E-state index contributed by atoms with van der Waals surface area (Å²) < 4.78 is 34.1. The highest BCUT2D eigenvalue weighted by Gasteiger charge is 2.34. The van der Waals surface area contributed by atoms with Gasteiger partial charge in [0.15, 0.2) is 0 Å². The summed E-state index contributed by atoms with van der Waals surface area (Å²) in [6, 6.07) is 19.0. The van der Waals surface area contributed by atoms with Crippen LogP contribution in [0, 0.1) is 6.92 Å². The summed E-state index contributed by atoms with van der Waals surface area (Å²) >= 11 is 6.09. The Bertz CT molecular complexity index is 1410. The lowest BCUT2D eigenvalue weighted by atomic mass is 10.1. The van der Waals surface area contributed by atoms with Gasteiger partial charge in [-0.1, -0.05) is 55.3 Å². The Morgan fingerprint density at radius 2 is 1.54 bits per heavy atom. The summed E-state index contributed by atoms with van der Waals surface area (Å²) in [5.41, 5.74) is 2.16. The predicted molar refractivity (Wildman–Crippen MR) is 163 cm³/mol. The molecular formula is C31H38ClN3O5S. The molecule has 2 amide bonds. The number of halogens is 1. The van der Waals surface area contributed by atoms with E-state index in [2.05, 4.69) is 5.32 Å². The number of carbonyl (C=O) groups is 2. The summed E-state index contributed by atoms with van der Waals surface area (Å²) in [5.74, 6) is -0.289. The second kappa shape index (κ2) is 14.4. The van der Waals surface area contributed by atoms with Gasteiger partial charge in [0.25, 0.3) is 10.0 Å². The van der Waals surface area contributed by atoms with E-state index in [0.29, 0.717) is 17.2 Å². The SMILES string of the molecule is CC[C@@H](C)NC(=O)[C@H](CC)N(Cc1ccc(C)cc1)C(=O)CN(c1ccc(Cl)cc1)S(=O)(=O)c1ccc(OC)cc1. The number of hydrogen-bond donors (Lipinski definition) is 1. The quantitative estimate of drug-likeness (QED) is 0.277. The summed E-state index contributed by atoms with van der Waals surface area (Å²) in [6.45, 7) is 7.30. The van der Waals surface area contributed by atoms with Crippen LogP contribution in [-0.4, -0.2) is 50.9 Å². The van der Waals surface area contributed by atoms with E-state index in [9.17, 15) is 18.0 Å². The maximum atomic E-state index is 14.1. The molecule has 0 saturated carbocycles. The van der Waals surface area contributed by atoms with E-state index >= 15 is 0 Å². The number of sulfonamides is 1. The first-order valence-corrected chi connectivity index (χ1v) is 15.4. The molecular weight excluding hydrogens is 562 g/mol. The molecule has 0 saturated heterocycles. The third-order valence-electron chi connectivity index (χ3n) is 6.90. The molecule has 0 aliphatic heterocycles. The first kappa shape index (κ1) is 32.0. The molecule has 2 atom stereocenters. The fourth-order valence-corrected chi connectivity index (χ4v) is 5.80. The molecule has 0 radical (unpaired) electrons. The van der Waals surface area contributed by atoms with E-state index in [0.717, 1.165) is 21.9 Å². The zero-order valence-corrected chi connectivity index (χ0v) is 25.7. The maximum absolute atomic E-state index is 14.1. The molecule has 3 rings (SSSR count). The molecule has 0 heterocycles. The van der Waals surface area contributed by atoms with Gasteiger partial charge in [-0.25, -0.2) is 8.42 Å². The Kier molecular flexibility index (Phi) is 11.2. The van der Waals surface area contributed by atoms with E-state index < -0.39 is 28.5 Å². The molecule has 0 aliphatic carbocycles. The van der Waals surface area contributed by atoms with Crippen LogP contribution >= 0.6 is 11.6 Å². The number of carbonyl (C=O) groups excluding carboxylic acids is 2. The largest absolute Gasteiger partial charge is 0.497 e. The van der Waals surface area contributed by atoms with Crippen LogP contribution in [0.4, 0.5) is 5.69 Å². The minimum absolute atomic E-state index is 0.00677. The number of methoxy groups -OCH3 is 1. The number of aryl methyl sites for hydroxylation is 1. The molecule has 0 aliphatic rings. The lowest BCUT2D eigenvalue weighted by Crippen LogP contribution is -2.53. The lowest BCUT2D eigenvalue weighted by molar-refractivity contribution is -0.140. The second-order valence-electron chi connectivity index (χ2n) is 9.91. The Morgan fingerprint density at radius 3 is 2.07 bits per heavy atom. The highest BCUT2D eigenvalue weighted by Crippen LogP contribution is 2.27. The number of nitrogens with one attached hydrogen (secondary N) is 1. The summed E-state index contributed by atoms with van der Waals surface area (Å²) in [5, 5.41) is 3.40. The van der Waals surface area contributed by atoms with Crippen molar-refractivity contribution in [2.45, 2.75) is 64.1 Å². The van der Waals surface area contributed by atoms with Crippen molar-refractivity contribution in [3.63, 3.8) is 0 Å². The number of rotatable bonds is 13. The molecule has 3 aromatic carbocycles. The Morgan fingerprint density at radius 1 is 0.927 bits per heavy atom. The smallest absolute Gasteiger partial charge is 0.264 e. The summed E-state index contributed by atoms with van der Waals surface area (Å²) in [7, 11) is -2.70. The lowest BCUT2D eigenvalue weighted by Gasteiger charge is -2.33. The van der Waals surface area contributed by atoms with Gasteiger partial charge in [0.1, 0.15) is 18.3 Å². The van der Waals surface area contributed by atoms with Gasteiger partial charge in [0, 0.05) is 17.6 Å². The third-order valence-corrected chi connectivity index (χ3v) is 8.94. The molecule has 3 aromatic rings. The van der Waals surface area contributed by atoms with Crippen LogP contribution in [0.5, 0.6) is 5.75 Å². The van der Waals surface area contributed by atoms with Gasteiger partial charge in [-0.2, -0.15) is 0 Å². The molecule has 0 bridgehead atoms. The minimum atomic E-state index is -4.19. The number of amides is 2. The summed E-state index contributed by atoms with van der Waals surface area (Å²) in [4.78, 5) is 28.9. The number of nitrogens with zero attached hydrogens (tertiary/aromatic N) is 2. The highest BCUT2D eigenvalue weighted by molar-refractivity contribution is 7.92. The van der Waals surface area contributed by atoms with Crippen molar-refractivity contribution < 1.29 is 22.7 Å². The number of benzene rings is 3. The minimum Gasteiger partial charge on any atom is -0.497 e. The predicted octanol–water partition coefficient (Wildman–Crippen LogP) is 5.57. The molecule has 0 unspecified atom stereocenters. The van der Waals surface area contributed by atoms with E-state index in [-0.39, 0.29) is 29.1 Å². The second-order valence-corrected chi connectivity index (χ2v) is 12.2. The average molecular weight is 600 g/mol. The Balaban J connectivity index is 2.05. The first-order valence-electron chi connectivity index (χ1n) is 13.6. The van der Waals surface area contributed by atoms with Crippen molar-refractivity contribution >= 4 is 39.1 Å². The van der Waals surface area contributed by atoms with Gasteiger partial charge >= 0.3 is 0 Å². The van der Waals surface area contributed by atoms with Crippen LogP contribution in [0.15, 0.2) is 77.7 Å². The van der Waals surface area contributed by atoms with Gasteiger partial charge in [-0.3, -0.25) is 13.9 Å².